The maximum atomic E-state index is 4.56. The lowest BCUT2D eigenvalue weighted by atomic mass is 10.1. The maximum Gasteiger partial charge on any atom is 0.185 e. The molecule has 0 amide bonds. The summed E-state index contributed by atoms with van der Waals surface area (Å²) in [6.07, 6.45) is 1.27. The fourth-order valence-electron chi connectivity index (χ4n) is 2.84. The Morgan fingerprint density at radius 3 is 2.85 bits per heavy atom. The second-order valence-corrected chi connectivity index (χ2v) is 6.42. The number of thiazole rings is 1. The van der Waals surface area contributed by atoms with Gasteiger partial charge in [0.15, 0.2) is 5.13 Å². The number of hydrogen-bond donors (Lipinski definition) is 0. The second kappa shape index (κ2) is 5.83. The molecule has 0 aliphatic carbocycles. The Bertz CT molecular complexity index is 552. The summed E-state index contributed by atoms with van der Waals surface area (Å²) in [5.74, 6) is 0.726. The first-order chi connectivity index (χ1) is 9.72. The van der Waals surface area contributed by atoms with Crippen LogP contribution in [0.2, 0.25) is 0 Å². The van der Waals surface area contributed by atoms with E-state index in [-0.39, 0.29) is 0 Å². The summed E-state index contributed by atoms with van der Waals surface area (Å²) in [5.41, 5.74) is 2.47. The number of aryl methyl sites for hydroxylation is 1. The standard InChI is InChI=1S/C16H21N3S/c1-13-12-20-16(17-13)18(2)10-14-8-9-19(11-14)15-6-4-3-5-7-15/h3-7,12,14H,8-11H2,1-2H3. The minimum absolute atomic E-state index is 0.726. The van der Waals surface area contributed by atoms with E-state index in [0.29, 0.717) is 0 Å². The molecule has 0 N–H and O–H groups in total. The highest BCUT2D eigenvalue weighted by molar-refractivity contribution is 7.13. The highest BCUT2D eigenvalue weighted by atomic mass is 32.1. The smallest absolute Gasteiger partial charge is 0.185 e. The van der Waals surface area contributed by atoms with Crippen LogP contribution < -0.4 is 9.80 Å². The monoisotopic (exact) mass is 287 g/mol. The molecule has 0 radical (unpaired) electrons. The fraction of sp³-hybridized carbons (Fsp3) is 0.438. The van der Waals surface area contributed by atoms with Crippen LogP contribution in [0.5, 0.6) is 0 Å². The van der Waals surface area contributed by atoms with Crippen molar-refractivity contribution in [2.75, 3.05) is 36.5 Å². The van der Waals surface area contributed by atoms with E-state index in [0.717, 1.165) is 29.8 Å². The molecule has 4 heteroatoms. The summed E-state index contributed by atoms with van der Waals surface area (Å²) in [7, 11) is 2.16. The van der Waals surface area contributed by atoms with Crippen molar-refractivity contribution in [1.29, 1.82) is 0 Å². The first kappa shape index (κ1) is 13.4. The first-order valence-electron chi connectivity index (χ1n) is 7.15. The molecule has 1 aromatic heterocycles. The lowest BCUT2D eigenvalue weighted by Gasteiger charge is -2.22. The Morgan fingerprint density at radius 1 is 1.35 bits per heavy atom. The van der Waals surface area contributed by atoms with Crippen molar-refractivity contribution >= 4 is 22.2 Å². The molecule has 0 spiro atoms. The molecule has 1 unspecified atom stereocenters. The zero-order valence-corrected chi connectivity index (χ0v) is 12.9. The fourth-order valence-corrected chi connectivity index (χ4v) is 3.62. The highest BCUT2D eigenvalue weighted by Gasteiger charge is 2.24. The van der Waals surface area contributed by atoms with Gasteiger partial charge in [-0.25, -0.2) is 4.98 Å². The van der Waals surface area contributed by atoms with Gasteiger partial charge in [0.1, 0.15) is 0 Å². The van der Waals surface area contributed by atoms with Gasteiger partial charge in [-0.15, -0.1) is 11.3 Å². The highest BCUT2D eigenvalue weighted by Crippen LogP contribution is 2.26. The van der Waals surface area contributed by atoms with Crippen molar-refractivity contribution < 1.29 is 0 Å². The summed E-state index contributed by atoms with van der Waals surface area (Å²) in [4.78, 5) is 9.35. The third kappa shape index (κ3) is 2.96. The summed E-state index contributed by atoms with van der Waals surface area (Å²) < 4.78 is 0. The molecule has 106 valence electrons. The van der Waals surface area contributed by atoms with Gasteiger partial charge in [0.05, 0.1) is 5.69 Å². The molecule has 3 rings (SSSR count). The first-order valence-corrected chi connectivity index (χ1v) is 8.03. The molecule has 1 aromatic carbocycles. The molecule has 1 aliphatic heterocycles. The van der Waals surface area contributed by atoms with Crippen molar-refractivity contribution in [3.8, 4) is 0 Å². The van der Waals surface area contributed by atoms with Gasteiger partial charge in [0, 0.05) is 37.7 Å². The van der Waals surface area contributed by atoms with E-state index in [2.05, 4.69) is 64.5 Å². The van der Waals surface area contributed by atoms with E-state index in [1.54, 1.807) is 11.3 Å². The maximum absolute atomic E-state index is 4.56. The number of hydrogen-bond acceptors (Lipinski definition) is 4. The van der Waals surface area contributed by atoms with Crippen molar-refractivity contribution in [2.45, 2.75) is 13.3 Å². The van der Waals surface area contributed by atoms with E-state index in [1.165, 1.54) is 18.7 Å². The largest absolute Gasteiger partial charge is 0.371 e. The molecule has 20 heavy (non-hydrogen) atoms. The number of rotatable bonds is 4. The molecule has 2 heterocycles. The molecular weight excluding hydrogens is 266 g/mol. The van der Waals surface area contributed by atoms with Gasteiger partial charge in [0.2, 0.25) is 0 Å². The van der Waals surface area contributed by atoms with E-state index in [1.807, 2.05) is 0 Å². The topological polar surface area (TPSA) is 19.4 Å². The van der Waals surface area contributed by atoms with Gasteiger partial charge in [-0.2, -0.15) is 0 Å². The predicted molar refractivity (Wildman–Crippen MR) is 86.9 cm³/mol. The molecule has 1 atom stereocenters. The number of benzene rings is 1. The Balaban J connectivity index is 1.58. The van der Waals surface area contributed by atoms with Crippen molar-refractivity contribution in [3.05, 3.63) is 41.4 Å². The number of para-hydroxylation sites is 1. The second-order valence-electron chi connectivity index (χ2n) is 5.59. The third-order valence-electron chi connectivity index (χ3n) is 3.87. The zero-order chi connectivity index (χ0) is 13.9. The molecule has 2 aromatic rings. The van der Waals surface area contributed by atoms with Crippen LogP contribution in [0.1, 0.15) is 12.1 Å². The van der Waals surface area contributed by atoms with Gasteiger partial charge in [-0.05, 0) is 31.4 Å². The Hall–Kier alpha value is -1.55. The van der Waals surface area contributed by atoms with Crippen LogP contribution in [0, 0.1) is 12.8 Å². The molecule has 1 saturated heterocycles. The Kier molecular flexibility index (Phi) is 3.92. The van der Waals surface area contributed by atoms with Crippen LogP contribution in [0.4, 0.5) is 10.8 Å². The van der Waals surface area contributed by atoms with Crippen LogP contribution >= 0.6 is 11.3 Å². The molecule has 0 bridgehead atoms. The quantitative estimate of drug-likeness (QED) is 0.859. The molecule has 0 saturated carbocycles. The average Bonchev–Trinajstić information content (AvgIpc) is 3.09. The SMILES string of the molecule is Cc1csc(N(C)CC2CCN(c3ccccc3)C2)n1. The van der Waals surface area contributed by atoms with E-state index in [4.69, 9.17) is 0 Å². The van der Waals surface area contributed by atoms with E-state index >= 15 is 0 Å². The van der Waals surface area contributed by atoms with Gasteiger partial charge < -0.3 is 9.80 Å². The summed E-state index contributed by atoms with van der Waals surface area (Å²) >= 11 is 1.74. The molecule has 3 nitrogen and oxygen atoms in total. The zero-order valence-electron chi connectivity index (χ0n) is 12.1. The van der Waals surface area contributed by atoms with Crippen molar-refractivity contribution in [1.82, 2.24) is 4.98 Å². The van der Waals surface area contributed by atoms with Crippen LogP contribution in [0.25, 0.3) is 0 Å². The minimum atomic E-state index is 0.726. The normalized spacial score (nSPS) is 18.5. The van der Waals surface area contributed by atoms with Gasteiger partial charge in [-0.1, -0.05) is 18.2 Å². The Labute approximate surface area is 124 Å². The third-order valence-corrected chi connectivity index (χ3v) is 4.95. The van der Waals surface area contributed by atoms with Gasteiger partial charge >= 0.3 is 0 Å². The molecular formula is C16H21N3S. The number of anilines is 2. The van der Waals surface area contributed by atoms with E-state index in [9.17, 15) is 0 Å². The van der Waals surface area contributed by atoms with Gasteiger partial charge in [0.25, 0.3) is 0 Å². The minimum Gasteiger partial charge on any atom is -0.371 e. The van der Waals surface area contributed by atoms with Crippen LogP contribution in [-0.4, -0.2) is 31.7 Å². The number of aromatic nitrogens is 1. The van der Waals surface area contributed by atoms with Crippen molar-refractivity contribution in [2.24, 2.45) is 5.92 Å². The molecule has 1 aliphatic rings. The van der Waals surface area contributed by atoms with Crippen LogP contribution in [-0.2, 0) is 0 Å². The van der Waals surface area contributed by atoms with Crippen LogP contribution in [0.15, 0.2) is 35.7 Å². The average molecular weight is 287 g/mol. The summed E-state index contributed by atoms with van der Waals surface area (Å²) in [6, 6.07) is 10.7. The lowest BCUT2D eigenvalue weighted by Crippen LogP contribution is -2.28. The van der Waals surface area contributed by atoms with E-state index < -0.39 is 0 Å². The summed E-state index contributed by atoms with van der Waals surface area (Å²) in [6.45, 7) is 5.47. The predicted octanol–water partition coefficient (Wildman–Crippen LogP) is 3.41. The lowest BCUT2D eigenvalue weighted by molar-refractivity contribution is 0.583. The molecule has 1 fully saturated rings. The summed E-state index contributed by atoms with van der Waals surface area (Å²) in [5, 5.41) is 3.26. The van der Waals surface area contributed by atoms with Crippen LogP contribution in [0.3, 0.4) is 0 Å². The van der Waals surface area contributed by atoms with Crippen molar-refractivity contribution in [3.63, 3.8) is 0 Å². The van der Waals surface area contributed by atoms with Gasteiger partial charge in [-0.3, -0.25) is 0 Å². The number of nitrogens with zero attached hydrogens (tertiary/aromatic N) is 3. The Morgan fingerprint density at radius 2 is 2.15 bits per heavy atom.